The number of hydrogen-bond donors (Lipinski definition) is 1. The monoisotopic (exact) mass is 330 g/mol. The number of rotatable bonds is 3. The van der Waals surface area contributed by atoms with E-state index in [1.54, 1.807) is 6.07 Å². The van der Waals surface area contributed by atoms with Gasteiger partial charge in [-0.25, -0.2) is 4.68 Å². The predicted octanol–water partition coefficient (Wildman–Crippen LogP) is 0.480. The first-order valence-electron chi connectivity index (χ1n) is 8.13. The SMILES string of the molecule is O=C(NC1COCC1n1nc2c(cc1=O)CCCC2)c1ccno1. The van der Waals surface area contributed by atoms with Crippen LogP contribution in [0.5, 0.6) is 0 Å². The lowest BCUT2D eigenvalue weighted by Crippen LogP contribution is -2.44. The zero-order chi connectivity index (χ0) is 16.5. The van der Waals surface area contributed by atoms with Crippen LogP contribution in [0.3, 0.4) is 0 Å². The van der Waals surface area contributed by atoms with Gasteiger partial charge in [0, 0.05) is 12.1 Å². The molecule has 0 saturated carbocycles. The Morgan fingerprint density at radius 3 is 3.00 bits per heavy atom. The molecule has 8 heteroatoms. The number of aromatic nitrogens is 3. The van der Waals surface area contributed by atoms with Crippen LogP contribution in [0.4, 0.5) is 0 Å². The number of fused-ring (bicyclic) bond motifs is 1. The molecule has 1 aliphatic heterocycles. The molecule has 8 nitrogen and oxygen atoms in total. The maximum atomic E-state index is 12.4. The standard InChI is InChI=1S/C16H18N4O4/c21-15-7-10-3-1-2-4-11(10)19-20(15)13-9-23-8-12(13)18-16(22)14-5-6-17-24-14/h5-7,12-13H,1-4,8-9H2,(H,18,22). The van der Waals surface area contributed by atoms with Crippen molar-refractivity contribution in [3.8, 4) is 0 Å². The smallest absolute Gasteiger partial charge is 0.290 e. The number of nitrogens with zero attached hydrogens (tertiary/aromatic N) is 3. The van der Waals surface area contributed by atoms with Crippen LogP contribution in [-0.4, -0.2) is 40.1 Å². The van der Waals surface area contributed by atoms with E-state index < -0.39 is 0 Å². The molecule has 2 aromatic rings. The molecule has 2 aliphatic rings. The highest BCUT2D eigenvalue weighted by molar-refractivity contribution is 5.91. The van der Waals surface area contributed by atoms with E-state index in [9.17, 15) is 9.59 Å². The van der Waals surface area contributed by atoms with Crippen LogP contribution in [0.25, 0.3) is 0 Å². The van der Waals surface area contributed by atoms with Gasteiger partial charge in [0.05, 0.1) is 31.1 Å². The minimum atomic E-state index is -0.376. The maximum absolute atomic E-state index is 12.4. The van der Waals surface area contributed by atoms with E-state index in [0.717, 1.165) is 36.9 Å². The van der Waals surface area contributed by atoms with E-state index in [2.05, 4.69) is 15.6 Å². The van der Waals surface area contributed by atoms with E-state index in [-0.39, 0.29) is 29.3 Å². The van der Waals surface area contributed by atoms with Crippen molar-refractivity contribution >= 4 is 5.91 Å². The molecule has 0 spiro atoms. The van der Waals surface area contributed by atoms with E-state index in [1.165, 1.54) is 16.9 Å². The third-order valence-electron chi connectivity index (χ3n) is 4.58. The van der Waals surface area contributed by atoms with Gasteiger partial charge in [0.25, 0.3) is 11.5 Å². The largest absolute Gasteiger partial charge is 0.377 e. The molecule has 126 valence electrons. The third kappa shape index (κ3) is 2.73. The van der Waals surface area contributed by atoms with E-state index >= 15 is 0 Å². The van der Waals surface area contributed by atoms with Crippen molar-refractivity contribution in [3.63, 3.8) is 0 Å². The molecule has 0 radical (unpaired) electrons. The molecule has 1 amide bonds. The Hall–Kier alpha value is -2.48. The van der Waals surface area contributed by atoms with Gasteiger partial charge < -0.3 is 14.6 Å². The number of aryl methyl sites for hydroxylation is 2. The second-order valence-corrected chi connectivity index (χ2v) is 6.17. The molecular weight excluding hydrogens is 312 g/mol. The van der Waals surface area contributed by atoms with Crippen molar-refractivity contribution in [2.24, 2.45) is 0 Å². The van der Waals surface area contributed by atoms with Gasteiger partial charge in [-0.1, -0.05) is 5.16 Å². The normalized spacial score (nSPS) is 23.0. The number of ether oxygens (including phenoxy) is 1. The Labute approximate surface area is 137 Å². The van der Waals surface area contributed by atoms with Crippen molar-refractivity contribution in [3.05, 3.63) is 45.7 Å². The summed E-state index contributed by atoms with van der Waals surface area (Å²) in [6.07, 6.45) is 5.39. The zero-order valence-electron chi connectivity index (χ0n) is 13.1. The van der Waals surface area contributed by atoms with Gasteiger partial charge >= 0.3 is 0 Å². The minimum absolute atomic E-state index is 0.131. The number of carbonyl (C=O) groups excluding carboxylic acids is 1. The van der Waals surface area contributed by atoms with E-state index in [4.69, 9.17) is 9.26 Å². The first-order valence-corrected chi connectivity index (χ1v) is 8.13. The topological polar surface area (TPSA) is 99.2 Å². The summed E-state index contributed by atoms with van der Waals surface area (Å²) in [5.74, 6) is -0.245. The third-order valence-corrected chi connectivity index (χ3v) is 4.58. The molecule has 24 heavy (non-hydrogen) atoms. The Morgan fingerprint density at radius 1 is 1.29 bits per heavy atom. The maximum Gasteiger partial charge on any atom is 0.290 e. The van der Waals surface area contributed by atoms with Crippen LogP contribution < -0.4 is 10.9 Å². The van der Waals surface area contributed by atoms with E-state index in [1.807, 2.05) is 0 Å². The lowest BCUT2D eigenvalue weighted by atomic mass is 9.97. The van der Waals surface area contributed by atoms with Crippen LogP contribution in [-0.2, 0) is 17.6 Å². The fraction of sp³-hybridized carbons (Fsp3) is 0.500. The van der Waals surface area contributed by atoms with Gasteiger partial charge in [0.1, 0.15) is 6.04 Å². The summed E-state index contributed by atoms with van der Waals surface area (Å²) in [5, 5.41) is 10.9. The highest BCUT2D eigenvalue weighted by atomic mass is 16.5. The summed E-state index contributed by atoms with van der Waals surface area (Å²) in [7, 11) is 0. The molecule has 2 aromatic heterocycles. The molecule has 2 atom stereocenters. The van der Waals surface area contributed by atoms with Gasteiger partial charge in [-0.2, -0.15) is 5.10 Å². The fourth-order valence-corrected chi connectivity index (χ4v) is 3.31. The highest BCUT2D eigenvalue weighted by Crippen LogP contribution is 2.21. The van der Waals surface area contributed by atoms with Crippen LogP contribution in [0.2, 0.25) is 0 Å². The Bertz CT molecular complexity index is 799. The molecule has 2 unspecified atom stereocenters. The number of nitrogens with one attached hydrogen (secondary N) is 1. The Kier molecular flexibility index (Phi) is 3.89. The average Bonchev–Trinajstić information content (AvgIpc) is 3.26. The second kappa shape index (κ2) is 6.20. The molecule has 1 saturated heterocycles. The van der Waals surface area contributed by atoms with Crippen molar-refractivity contribution < 1.29 is 14.1 Å². The predicted molar refractivity (Wildman–Crippen MR) is 82.8 cm³/mol. The molecule has 3 heterocycles. The van der Waals surface area contributed by atoms with Crippen LogP contribution in [0.15, 0.2) is 27.6 Å². The quantitative estimate of drug-likeness (QED) is 0.879. The molecule has 0 aromatic carbocycles. The summed E-state index contributed by atoms with van der Waals surface area (Å²) in [6, 6.07) is 2.50. The lowest BCUT2D eigenvalue weighted by molar-refractivity contribution is 0.0887. The van der Waals surface area contributed by atoms with Crippen molar-refractivity contribution in [1.29, 1.82) is 0 Å². The number of amides is 1. The summed E-state index contributed by atoms with van der Waals surface area (Å²) in [6.45, 7) is 0.669. The summed E-state index contributed by atoms with van der Waals surface area (Å²) in [5.41, 5.74) is 1.88. The van der Waals surface area contributed by atoms with Crippen molar-refractivity contribution in [1.82, 2.24) is 20.3 Å². The molecule has 4 rings (SSSR count). The molecular formula is C16H18N4O4. The number of hydrogen-bond acceptors (Lipinski definition) is 6. The van der Waals surface area contributed by atoms with Gasteiger partial charge in [-0.05, 0) is 31.2 Å². The summed E-state index contributed by atoms with van der Waals surface area (Å²) in [4.78, 5) is 24.6. The summed E-state index contributed by atoms with van der Waals surface area (Å²) < 4.78 is 11.8. The molecule has 1 fully saturated rings. The van der Waals surface area contributed by atoms with E-state index in [0.29, 0.717) is 13.2 Å². The Balaban J connectivity index is 1.58. The first kappa shape index (κ1) is 15.1. The number of carbonyl (C=O) groups is 1. The molecule has 1 N–H and O–H groups in total. The highest BCUT2D eigenvalue weighted by Gasteiger charge is 2.34. The zero-order valence-corrected chi connectivity index (χ0v) is 13.1. The second-order valence-electron chi connectivity index (χ2n) is 6.17. The van der Waals surface area contributed by atoms with Crippen LogP contribution in [0.1, 0.15) is 40.7 Å². The average molecular weight is 330 g/mol. The van der Waals surface area contributed by atoms with Crippen molar-refractivity contribution in [2.75, 3.05) is 13.2 Å². The molecule has 0 bridgehead atoms. The Morgan fingerprint density at radius 2 is 2.17 bits per heavy atom. The van der Waals surface area contributed by atoms with Crippen molar-refractivity contribution in [2.45, 2.75) is 37.8 Å². The minimum Gasteiger partial charge on any atom is -0.377 e. The lowest BCUT2D eigenvalue weighted by Gasteiger charge is -2.22. The first-order chi connectivity index (χ1) is 11.7. The van der Waals surface area contributed by atoms with Gasteiger partial charge in [-0.15, -0.1) is 0 Å². The molecule has 1 aliphatic carbocycles. The van der Waals surface area contributed by atoms with Crippen LogP contribution in [0, 0.1) is 0 Å². The van der Waals surface area contributed by atoms with Crippen LogP contribution >= 0.6 is 0 Å². The fourth-order valence-electron chi connectivity index (χ4n) is 3.31. The summed E-state index contributed by atoms with van der Waals surface area (Å²) >= 11 is 0. The van der Waals surface area contributed by atoms with Gasteiger partial charge in [0.2, 0.25) is 5.76 Å². The van der Waals surface area contributed by atoms with Gasteiger partial charge in [-0.3, -0.25) is 9.59 Å². The van der Waals surface area contributed by atoms with Gasteiger partial charge in [0.15, 0.2) is 0 Å².